The quantitative estimate of drug-likeness (QED) is 0.265. The van der Waals surface area contributed by atoms with Crippen LogP contribution in [0.1, 0.15) is 34.4 Å². The molecule has 5 heterocycles. The minimum absolute atomic E-state index is 0.551. The Morgan fingerprint density at radius 3 is 2.45 bits per heavy atom. The molecule has 1 aliphatic rings. The monoisotopic (exact) mass is 587 g/mol. The summed E-state index contributed by atoms with van der Waals surface area (Å²) in [4.78, 5) is 13.6. The van der Waals surface area contributed by atoms with Gasteiger partial charge in [-0.25, -0.2) is 14.5 Å². The number of benzene rings is 2. The molecule has 9 heteroatoms. The Morgan fingerprint density at radius 1 is 0.841 bits per heavy atom. The van der Waals surface area contributed by atoms with Crippen molar-refractivity contribution in [1.29, 1.82) is 0 Å². The second-order valence-electron chi connectivity index (χ2n) is 11.7. The molecule has 0 bridgehead atoms. The van der Waals surface area contributed by atoms with Crippen molar-refractivity contribution in [2.45, 2.75) is 40.2 Å². The number of fused-ring (bicyclic) bond motifs is 2. The molecule has 0 radical (unpaired) electrons. The van der Waals surface area contributed by atoms with Crippen LogP contribution >= 0.6 is 0 Å². The van der Waals surface area contributed by atoms with Crippen molar-refractivity contribution in [3.63, 3.8) is 0 Å². The van der Waals surface area contributed by atoms with E-state index in [1.807, 2.05) is 27.5 Å². The van der Waals surface area contributed by atoms with Gasteiger partial charge in [-0.2, -0.15) is 10.2 Å². The standard InChI is InChI=1S/C20H27N7.C15H14N2/c1-15-5-3-7-22-20(15)26-11-9-25(10-12-26)8-4-6-17-13-16(2)18-19(21)23-14-24-27(17)18;1-12-7-8-15-14(9-12)11-17(16-15)10-13-5-3-2-4-6-13/h3,5,7,13-14H,4,6,8-12H2,1-2H3,(H2,21,23,24);2-9,11H,10H2,1H3. The topological polar surface area (TPSA) is 93.4 Å². The molecule has 0 saturated carbocycles. The SMILES string of the molecule is Cc1ccc2nn(Cc3ccccc3)cc2c1.Cc1cccnc1N1CCN(CCCc2cc(C)c3c(N)ncnn23)CC1. The highest BCUT2D eigenvalue weighted by molar-refractivity contribution is 5.78. The van der Waals surface area contributed by atoms with E-state index in [1.165, 1.54) is 34.1 Å². The summed E-state index contributed by atoms with van der Waals surface area (Å²) in [6.07, 6.45) is 7.62. The molecule has 0 unspecified atom stereocenters. The average Bonchev–Trinajstić information content (AvgIpc) is 3.58. The number of piperazine rings is 1. The minimum Gasteiger partial charge on any atom is -0.382 e. The van der Waals surface area contributed by atoms with Gasteiger partial charge in [0.25, 0.3) is 0 Å². The van der Waals surface area contributed by atoms with Crippen LogP contribution in [0.5, 0.6) is 0 Å². The molecule has 1 fully saturated rings. The number of rotatable bonds is 7. The Morgan fingerprint density at radius 2 is 1.66 bits per heavy atom. The van der Waals surface area contributed by atoms with Crippen LogP contribution in [0.4, 0.5) is 11.6 Å². The first-order valence-corrected chi connectivity index (χ1v) is 15.4. The first kappa shape index (κ1) is 29.3. The molecule has 4 aromatic heterocycles. The van der Waals surface area contributed by atoms with E-state index in [0.29, 0.717) is 5.82 Å². The van der Waals surface area contributed by atoms with Crippen LogP contribution in [0.25, 0.3) is 16.4 Å². The molecular formula is C35H41N9. The number of aromatic nitrogens is 6. The Balaban J connectivity index is 0.000000173. The molecule has 226 valence electrons. The normalized spacial score (nSPS) is 13.8. The van der Waals surface area contributed by atoms with Gasteiger partial charge in [-0.05, 0) is 81.1 Å². The maximum absolute atomic E-state index is 6.00. The van der Waals surface area contributed by atoms with Crippen LogP contribution in [0.3, 0.4) is 0 Å². The molecule has 0 spiro atoms. The number of aryl methyl sites for hydroxylation is 4. The Hall–Kier alpha value is -4.76. The highest BCUT2D eigenvalue weighted by Crippen LogP contribution is 2.21. The summed E-state index contributed by atoms with van der Waals surface area (Å²) < 4.78 is 3.94. The van der Waals surface area contributed by atoms with E-state index < -0.39 is 0 Å². The maximum atomic E-state index is 6.00. The molecule has 1 aliphatic heterocycles. The summed E-state index contributed by atoms with van der Waals surface area (Å²) in [5.74, 6) is 1.68. The number of anilines is 2. The van der Waals surface area contributed by atoms with E-state index in [0.717, 1.165) is 74.5 Å². The van der Waals surface area contributed by atoms with Crippen molar-refractivity contribution in [3.8, 4) is 0 Å². The second-order valence-corrected chi connectivity index (χ2v) is 11.7. The van der Waals surface area contributed by atoms with E-state index in [9.17, 15) is 0 Å². The summed E-state index contributed by atoms with van der Waals surface area (Å²) in [6, 6.07) is 23.1. The lowest BCUT2D eigenvalue weighted by atomic mass is 10.2. The van der Waals surface area contributed by atoms with Gasteiger partial charge in [0, 0.05) is 49.7 Å². The summed E-state index contributed by atoms with van der Waals surface area (Å²) in [5, 5.41) is 10.2. The Bertz CT molecular complexity index is 1830. The van der Waals surface area contributed by atoms with Gasteiger partial charge in [0.2, 0.25) is 0 Å². The van der Waals surface area contributed by atoms with E-state index >= 15 is 0 Å². The predicted octanol–water partition coefficient (Wildman–Crippen LogP) is 5.47. The van der Waals surface area contributed by atoms with E-state index in [2.05, 4.69) is 112 Å². The third kappa shape index (κ3) is 6.73. The third-order valence-corrected chi connectivity index (χ3v) is 8.30. The molecule has 2 N–H and O–H groups in total. The zero-order valence-electron chi connectivity index (χ0n) is 25.9. The molecule has 0 aliphatic carbocycles. The first-order chi connectivity index (χ1) is 21.4. The molecule has 44 heavy (non-hydrogen) atoms. The van der Waals surface area contributed by atoms with Crippen molar-refractivity contribution in [2.24, 2.45) is 0 Å². The zero-order chi connectivity index (χ0) is 30.5. The number of nitrogens with two attached hydrogens (primary N) is 1. The van der Waals surface area contributed by atoms with Crippen molar-refractivity contribution in [2.75, 3.05) is 43.4 Å². The lowest BCUT2D eigenvalue weighted by molar-refractivity contribution is 0.254. The smallest absolute Gasteiger partial charge is 0.151 e. The largest absolute Gasteiger partial charge is 0.382 e. The minimum atomic E-state index is 0.551. The second kappa shape index (κ2) is 13.3. The van der Waals surface area contributed by atoms with Crippen molar-refractivity contribution >= 4 is 28.1 Å². The van der Waals surface area contributed by atoms with Gasteiger partial charge >= 0.3 is 0 Å². The number of nitrogens with zero attached hydrogens (tertiary/aromatic N) is 8. The molecular weight excluding hydrogens is 546 g/mol. The molecule has 2 aromatic carbocycles. The van der Waals surface area contributed by atoms with E-state index in [-0.39, 0.29) is 0 Å². The van der Waals surface area contributed by atoms with Gasteiger partial charge in [0.1, 0.15) is 17.7 Å². The van der Waals surface area contributed by atoms with Gasteiger partial charge in [0.15, 0.2) is 5.82 Å². The van der Waals surface area contributed by atoms with Crippen LogP contribution < -0.4 is 10.6 Å². The highest BCUT2D eigenvalue weighted by atomic mass is 15.3. The lowest BCUT2D eigenvalue weighted by Gasteiger charge is -2.36. The molecule has 9 nitrogen and oxygen atoms in total. The summed E-state index contributed by atoms with van der Waals surface area (Å²) in [6.45, 7) is 12.5. The van der Waals surface area contributed by atoms with Crippen molar-refractivity contribution in [1.82, 2.24) is 34.3 Å². The summed E-state index contributed by atoms with van der Waals surface area (Å²) in [7, 11) is 0. The number of hydrogen-bond acceptors (Lipinski definition) is 7. The van der Waals surface area contributed by atoms with E-state index in [1.54, 1.807) is 0 Å². The number of nitrogen functional groups attached to an aromatic ring is 1. The fraction of sp³-hybridized carbons (Fsp3) is 0.314. The van der Waals surface area contributed by atoms with Crippen LogP contribution in [-0.4, -0.2) is 67.0 Å². The van der Waals surface area contributed by atoms with Crippen LogP contribution in [0.2, 0.25) is 0 Å². The molecule has 0 amide bonds. The fourth-order valence-electron chi connectivity index (χ4n) is 6.03. The highest BCUT2D eigenvalue weighted by Gasteiger charge is 2.19. The molecule has 0 atom stereocenters. The maximum Gasteiger partial charge on any atom is 0.151 e. The van der Waals surface area contributed by atoms with Crippen LogP contribution in [-0.2, 0) is 13.0 Å². The average molecular weight is 588 g/mol. The molecule has 1 saturated heterocycles. The van der Waals surface area contributed by atoms with Gasteiger partial charge in [-0.1, -0.05) is 48.0 Å². The number of hydrogen-bond donors (Lipinski definition) is 1. The van der Waals surface area contributed by atoms with Gasteiger partial charge in [0.05, 0.1) is 12.1 Å². The Kier molecular flexibility index (Phi) is 8.84. The van der Waals surface area contributed by atoms with Crippen LogP contribution in [0, 0.1) is 20.8 Å². The zero-order valence-corrected chi connectivity index (χ0v) is 25.9. The summed E-state index contributed by atoms with van der Waals surface area (Å²) >= 11 is 0. The first-order valence-electron chi connectivity index (χ1n) is 15.4. The Labute approximate surface area is 259 Å². The lowest BCUT2D eigenvalue weighted by Crippen LogP contribution is -2.47. The van der Waals surface area contributed by atoms with E-state index in [4.69, 9.17) is 5.73 Å². The van der Waals surface area contributed by atoms with Crippen molar-refractivity contribution < 1.29 is 0 Å². The summed E-state index contributed by atoms with van der Waals surface area (Å²) in [5.41, 5.74) is 14.1. The van der Waals surface area contributed by atoms with Gasteiger partial charge in [-0.15, -0.1) is 0 Å². The molecule has 7 rings (SSSR count). The fourth-order valence-corrected chi connectivity index (χ4v) is 6.03. The third-order valence-electron chi connectivity index (χ3n) is 8.30. The van der Waals surface area contributed by atoms with Gasteiger partial charge in [-0.3, -0.25) is 9.58 Å². The van der Waals surface area contributed by atoms with Crippen molar-refractivity contribution in [3.05, 3.63) is 113 Å². The molecule has 6 aromatic rings. The predicted molar refractivity (Wildman–Crippen MR) is 178 cm³/mol. The number of pyridine rings is 1. The van der Waals surface area contributed by atoms with Crippen LogP contribution in [0.15, 0.2) is 85.5 Å². The van der Waals surface area contributed by atoms with Gasteiger partial charge < -0.3 is 10.6 Å².